The summed E-state index contributed by atoms with van der Waals surface area (Å²) < 4.78 is 32.5. The minimum atomic E-state index is -0.387. The van der Waals surface area contributed by atoms with E-state index in [0.29, 0.717) is 31.2 Å². The molecule has 1 fully saturated rings. The minimum Gasteiger partial charge on any atom is -0.381 e. The number of nitrogens with one attached hydrogen (secondary N) is 1. The molecule has 4 heteroatoms. The molecule has 106 valence electrons. The van der Waals surface area contributed by atoms with Crippen LogP contribution in [0.1, 0.15) is 25.8 Å². The second-order valence-corrected chi connectivity index (χ2v) is 5.75. The van der Waals surface area contributed by atoms with Crippen LogP contribution in [-0.2, 0) is 11.2 Å². The Morgan fingerprint density at radius 3 is 2.79 bits per heavy atom. The Labute approximate surface area is 113 Å². The highest BCUT2D eigenvalue weighted by Crippen LogP contribution is 2.33. The van der Waals surface area contributed by atoms with Gasteiger partial charge in [-0.05, 0) is 36.6 Å². The molecule has 1 saturated heterocycles. The number of hydrogen-bond donors (Lipinski definition) is 1. The van der Waals surface area contributed by atoms with Gasteiger partial charge in [0.1, 0.15) is 11.6 Å². The van der Waals surface area contributed by atoms with Crippen molar-refractivity contribution in [1.29, 1.82) is 0 Å². The zero-order valence-corrected chi connectivity index (χ0v) is 11.5. The molecule has 2 nitrogen and oxygen atoms in total. The molecular weight excluding hydrogens is 248 g/mol. The van der Waals surface area contributed by atoms with Crippen molar-refractivity contribution in [3.05, 3.63) is 35.4 Å². The van der Waals surface area contributed by atoms with Crippen molar-refractivity contribution in [2.75, 3.05) is 19.8 Å². The molecule has 1 aliphatic rings. The largest absolute Gasteiger partial charge is 0.381 e. The van der Waals surface area contributed by atoms with Gasteiger partial charge in [0.05, 0.1) is 6.61 Å². The van der Waals surface area contributed by atoms with E-state index in [1.165, 1.54) is 12.1 Å². The van der Waals surface area contributed by atoms with Crippen LogP contribution in [0.3, 0.4) is 0 Å². The molecule has 2 rings (SSSR count). The minimum absolute atomic E-state index is 0.126. The van der Waals surface area contributed by atoms with E-state index in [4.69, 9.17) is 4.74 Å². The molecule has 0 aliphatic carbocycles. The number of hydrogen-bond acceptors (Lipinski definition) is 2. The quantitative estimate of drug-likeness (QED) is 0.887. The second-order valence-electron chi connectivity index (χ2n) is 5.75. The standard InChI is InChI=1S/C15H21F2NO/c1-11(2)18-9-15(5-6-19-10-15)8-12-7-13(16)3-4-14(12)17/h3-4,7,11,18H,5-6,8-10H2,1-2H3. The Morgan fingerprint density at radius 1 is 1.37 bits per heavy atom. The van der Waals surface area contributed by atoms with Gasteiger partial charge in [-0.15, -0.1) is 0 Å². The Bertz CT molecular complexity index is 428. The van der Waals surface area contributed by atoms with Crippen LogP contribution in [0, 0.1) is 17.0 Å². The van der Waals surface area contributed by atoms with Gasteiger partial charge in [-0.3, -0.25) is 0 Å². The summed E-state index contributed by atoms with van der Waals surface area (Å²) in [5.74, 6) is -0.723. The van der Waals surface area contributed by atoms with E-state index >= 15 is 0 Å². The predicted octanol–water partition coefficient (Wildman–Crippen LogP) is 2.91. The van der Waals surface area contributed by atoms with E-state index in [-0.39, 0.29) is 17.0 Å². The molecule has 0 bridgehead atoms. The lowest BCUT2D eigenvalue weighted by Crippen LogP contribution is -2.39. The molecule has 1 atom stereocenters. The fourth-order valence-corrected chi connectivity index (χ4v) is 2.49. The highest BCUT2D eigenvalue weighted by Gasteiger charge is 2.35. The summed E-state index contributed by atoms with van der Waals surface area (Å²) in [5, 5.41) is 3.39. The van der Waals surface area contributed by atoms with E-state index in [1.54, 1.807) is 0 Å². The molecule has 0 spiro atoms. The van der Waals surface area contributed by atoms with Gasteiger partial charge in [0.15, 0.2) is 0 Å². The molecular formula is C15H21F2NO. The van der Waals surface area contributed by atoms with E-state index < -0.39 is 0 Å². The summed E-state index contributed by atoms with van der Waals surface area (Å²) in [7, 11) is 0. The van der Waals surface area contributed by atoms with E-state index in [1.807, 2.05) is 0 Å². The maximum Gasteiger partial charge on any atom is 0.126 e. The van der Waals surface area contributed by atoms with Gasteiger partial charge in [0.2, 0.25) is 0 Å². The summed E-state index contributed by atoms with van der Waals surface area (Å²) >= 11 is 0. The predicted molar refractivity (Wildman–Crippen MR) is 71.1 cm³/mol. The number of benzene rings is 1. The van der Waals surface area contributed by atoms with Gasteiger partial charge in [-0.2, -0.15) is 0 Å². The van der Waals surface area contributed by atoms with E-state index in [0.717, 1.165) is 19.0 Å². The zero-order chi connectivity index (χ0) is 13.9. The first-order valence-corrected chi connectivity index (χ1v) is 6.76. The molecule has 0 amide bonds. The van der Waals surface area contributed by atoms with Crippen LogP contribution < -0.4 is 5.32 Å². The average Bonchev–Trinajstić information content (AvgIpc) is 2.81. The van der Waals surface area contributed by atoms with E-state index in [2.05, 4.69) is 19.2 Å². The molecule has 1 aromatic carbocycles. The molecule has 0 radical (unpaired) electrons. The average molecular weight is 269 g/mol. The highest BCUT2D eigenvalue weighted by atomic mass is 19.1. The third-order valence-electron chi connectivity index (χ3n) is 3.64. The van der Waals surface area contributed by atoms with Crippen LogP contribution in [0.15, 0.2) is 18.2 Å². The lowest BCUT2D eigenvalue weighted by Gasteiger charge is -2.29. The molecule has 19 heavy (non-hydrogen) atoms. The van der Waals surface area contributed by atoms with Crippen LogP contribution >= 0.6 is 0 Å². The summed E-state index contributed by atoms with van der Waals surface area (Å²) in [6, 6.07) is 4.02. The van der Waals surface area contributed by atoms with Crippen molar-refractivity contribution < 1.29 is 13.5 Å². The van der Waals surface area contributed by atoms with Crippen molar-refractivity contribution >= 4 is 0 Å². The third-order valence-corrected chi connectivity index (χ3v) is 3.64. The normalized spacial score (nSPS) is 23.2. The van der Waals surface area contributed by atoms with Gasteiger partial charge in [0, 0.05) is 24.6 Å². The molecule has 0 saturated carbocycles. The van der Waals surface area contributed by atoms with E-state index in [9.17, 15) is 8.78 Å². The number of halogens is 2. The summed E-state index contributed by atoms with van der Waals surface area (Å²) in [6.45, 7) is 6.21. The smallest absolute Gasteiger partial charge is 0.126 e. The van der Waals surface area contributed by atoms with Gasteiger partial charge in [0.25, 0.3) is 0 Å². The fourth-order valence-electron chi connectivity index (χ4n) is 2.49. The molecule has 1 aromatic rings. The van der Waals surface area contributed by atoms with Gasteiger partial charge >= 0.3 is 0 Å². The topological polar surface area (TPSA) is 21.3 Å². The highest BCUT2D eigenvalue weighted by molar-refractivity contribution is 5.21. The maximum absolute atomic E-state index is 13.8. The Balaban J connectivity index is 2.13. The monoisotopic (exact) mass is 269 g/mol. The van der Waals surface area contributed by atoms with Crippen molar-refractivity contribution in [2.45, 2.75) is 32.7 Å². The lowest BCUT2D eigenvalue weighted by molar-refractivity contribution is 0.147. The van der Waals surface area contributed by atoms with Gasteiger partial charge in [-0.1, -0.05) is 13.8 Å². The second kappa shape index (κ2) is 5.97. The molecule has 1 N–H and O–H groups in total. The van der Waals surface area contributed by atoms with Crippen LogP contribution in [0.5, 0.6) is 0 Å². The first-order chi connectivity index (χ1) is 9.01. The molecule has 1 heterocycles. The Kier molecular flexibility index (Phi) is 4.53. The van der Waals surface area contributed by atoms with Crippen LogP contribution in [0.25, 0.3) is 0 Å². The van der Waals surface area contributed by atoms with Crippen molar-refractivity contribution in [2.24, 2.45) is 5.41 Å². The molecule has 0 aromatic heterocycles. The van der Waals surface area contributed by atoms with Crippen molar-refractivity contribution in [3.63, 3.8) is 0 Å². The number of ether oxygens (including phenoxy) is 1. The number of rotatable bonds is 5. The zero-order valence-electron chi connectivity index (χ0n) is 11.5. The van der Waals surface area contributed by atoms with Crippen LogP contribution in [0.2, 0.25) is 0 Å². The fraction of sp³-hybridized carbons (Fsp3) is 0.600. The third kappa shape index (κ3) is 3.74. The first-order valence-electron chi connectivity index (χ1n) is 6.76. The summed E-state index contributed by atoms with van der Waals surface area (Å²) in [6.07, 6.45) is 1.39. The molecule has 1 unspecified atom stereocenters. The Morgan fingerprint density at radius 2 is 2.16 bits per heavy atom. The molecule has 1 aliphatic heterocycles. The van der Waals surface area contributed by atoms with Crippen LogP contribution in [-0.4, -0.2) is 25.8 Å². The summed E-state index contributed by atoms with van der Waals surface area (Å²) in [4.78, 5) is 0. The van der Waals surface area contributed by atoms with Gasteiger partial charge in [-0.25, -0.2) is 8.78 Å². The van der Waals surface area contributed by atoms with Crippen LogP contribution in [0.4, 0.5) is 8.78 Å². The van der Waals surface area contributed by atoms with Crippen molar-refractivity contribution in [3.8, 4) is 0 Å². The summed E-state index contributed by atoms with van der Waals surface area (Å²) in [5.41, 5.74) is 0.315. The lowest BCUT2D eigenvalue weighted by atomic mass is 9.80. The van der Waals surface area contributed by atoms with Crippen molar-refractivity contribution in [1.82, 2.24) is 5.32 Å². The SMILES string of the molecule is CC(C)NCC1(Cc2cc(F)ccc2F)CCOC1. The maximum atomic E-state index is 13.8. The Hall–Kier alpha value is -1.00. The van der Waals surface area contributed by atoms with Gasteiger partial charge < -0.3 is 10.1 Å². The first kappa shape index (κ1) is 14.4.